The van der Waals surface area contributed by atoms with Crippen LogP contribution >= 0.6 is 11.6 Å². The zero-order valence-corrected chi connectivity index (χ0v) is 14.2. The first-order valence-electron chi connectivity index (χ1n) is 7.79. The Kier molecular flexibility index (Phi) is 4.36. The van der Waals surface area contributed by atoms with Crippen LogP contribution in [0.1, 0.15) is 25.0 Å². The summed E-state index contributed by atoms with van der Waals surface area (Å²) in [5, 5.41) is 11.4. The minimum atomic E-state index is -0.420. The molecule has 2 N–H and O–H groups in total. The molecule has 2 atom stereocenters. The van der Waals surface area contributed by atoms with Crippen molar-refractivity contribution >= 4 is 22.6 Å². The second kappa shape index (κ2) is 6.15. The van der Waals surface area contributed by atoms with Crippen molar-refractivity contribution in [3.05, 3.63) is 38.7 Å². The predicted octanol–water partition coefficient (Wildman–Crippen LogP) is 1.65. The average molecular weight is 339 g/mol. The average Bonchev–Trinajstić information content (AvgIpc) is 2.44. The first kappa shape index (κ1) is 16.3. The Morgan fingerprint density at radius 2 is 1.96 bits per heavy atom. The van der Waals surface area contributed by atoms with E-state index in [1.807, 2.05) is 20.8 Å². The molecule has 0 radical (unpaired) electrons. The number of morpholine rings is 1. The van der Waals surface area contributed by atoms with E-state index in [0.717, 1.165) is 24.0 Å². The van der Waals surface area contributed by atoms with Gasteiger partial charge in [-0.05, 0) is 32.4 Å². The third kappa shape index (κ3) is 3.22. The maximum absolute atomic E-state index is 11.7. The van der Waals surface area contributed by atoms with Crippen LogP contribution in [0.15, 0.2) is 21.3 Å². The highest BCUT2D eigenvalue weighted by molar-refractivity contribution is 6.33. The summed E-state index contributed by atoms with van der Waals surface area (Å²) < 4.78 is 11.1. The molecule has 6 heteroatoms. The molecule has 0 amide bonds. The quantitative estimate of drug-likeness (QED) is 0.817. The summed E-state index contributed by atoms with van der Waals surface area (Å²) in [6, 6.07) is 3.08. The van der Waals surface area contributed by atoms with Gasteiger partial charge in [0.25, 0.3) is 0 Å². The summed E-state index contributed by atoms with van der Waals surface area (Å²) in [6.07, 6.45) is 0.296. The summed E-state index contributed by atoms with van der Waals surface area (Å²) in [7, 11) is 0. The number of aryl methyl sites for hydroxylation is 1. The largest absolute Gasteiger partial charge is 0.506 e. The van der Waals surface area contributed by atoms with E-state index in [9.17, 15) is 9.90 Å². The lowest BCUT2D eigenvalue weighted by molar-refractivity contribution is -0.928. The summed E-state index contributed by atoms with van der Waals surface area (Å²) >= 11 is 6.18. The van der Waals surface area contributed by atoms with Crippen LogP contribution < -0.4 is 10.5 Å². The summed E-state index contributed by atoms with van der Waals surface area (Å²) in [4.78, 5) is 13.0. The van der Waals surface area contributed by atoms with Crippen LogP contribution in [0.2, 0.25) is 5.02 Å². The van der Waals surface area contributed by atoms with E-state index in [-0.39, 0.29) is 23.0 Å². The highest BCUT2D eigenvalue weighted by Gasteiger charge is 2.28. The summed E-state index contributed by atoms with van der Waals surface area (Å²) in [5.74, 6) is -0.00721. The molecular weight excluding hydrogens is 318 g/mol. The van der Waals surface area contributed by atoms with Gasteiger partial charge in [0, 0.05) is 11.5 Å². The SMILES string of the molecule is Cc1cc(=O)oc2c(C[NH+]3CC(C)OC(C)C3)c(O)c(Cl)cc12. The summed E-state index contributed by atoms with van der Waals surface area (Å²) in [6.45, 7) is 8.10. The number of ether oxygens (including phenoxy) is 1. The highest BCUT2D eigenvalue weighted by Crippen LogP contribution is 2.34. The molecule has 1 aliphatic heterocycles. The molecule has 2 unspecified atom stereocenters. The number of benzene rings is 1. The molecule has 2 aromatic rings. The predicted molar refractivity (Wildman–Crippen MR) is 88.3 cm³/mol. The van der Waals surface area contributed by atoms with Gasteiger partial charge in [-0.25, -0.2) is 4.79 Å². The molecule has 1 fully saturated rings. The number of nitrogens with one attached hydrogen (secondary N) is 1. The monoisotopic (exact) mass is 338 g/mol. The second-order valence-corrected chi connectivity index (χ2v) is 6.81. The normalized spacial score (nSPS) is 25.0. The van der Waals surface area contributed by atoms with Crippen LogP contribution in [0.25, 0.3) is 11.0 Å². The number of phenols is 1. The number of hydrogen-bond acceptors (Lipinski definition) is 4. The third-order valence-corrected chi connectivity index (χ3v) is 4.60. The Hall–Kier alpha value is -1.56. The van der Waals surface area contributed by atoms with Crippen LogP contribution in [0.5, 0.6) is 5.75 Å². The first-order valence-corrected chi connectivity index (χ1v) is 8.16. The number of halogens is 1. The third-order valence-electron chi connectivity index (χ3n) is 4.31. The van der Waals surface area contributed by atoms with Crippen molar-refractivity contribution in [2.45, 2.75) is 39.5 Å². The maximum Gasteiger partial charge on any atom is 0.336 e. The maximum atomic E-state index is 11.7. The van der Waals surface area contributed by atoms with Crippen molar-refractivity contribution in [2.75, 3.05) is 13.1 Å². The smallest absolute Gasteiger partial charge is 0.336 e. The molecule has 0 saturated carbocycles. The topological polar surface area (TPSA) is 64.1 Å². The number of hydrogen-bond donors (Lipinski definition) is 2. The van der Waals surface area contributed by atoms with Crippen molar-refractivity contribution < 1.29 is 19.2 Å². The molecular formula is C17H21ClNO4+. The number of quaternary nitrogens is 1. The van der Waals surface area contributed by atoms with E-state index in [1.165, 1.54) is 11.0 Å². The van der Waals surface area contributed by atoms with Gasteiger partial charge < -0.3 is 19.2 Å². The first-order chi connectivity index (χ1) is 10.8. The fraction of sp³-hybridized carbons (Fsp3) is 0.471. The molecule has 23 heavy (non-hydrogen) atoms. The lowest BCUT2D eigenvalue weighted by Crippen LogP contribution is -3.14. The van der Waals surface area contributed by atoms with Crippen molar-refractivity contribution in [1.82, 2.24) is 0 Å². The van der Waals surface area contributed by atoms with Crippen molar-refractivity contribution in [1.29, 1.82) is 0 Å². The lowest BCUT2D eigenvalue weighted by atomic mass is 10.0. The van der Waals surface area contributed by atoms with E-state index >= 15 is 0 Å². The van der Waals surface area contributed by atoms with Gasteiger partial charge in [-0.2, -0.15) is 0 Å². The Balaban J connectivity index is 2.09. The van der Waals surface area contributed by atoms with Gasteiger partial charge in [-0.3, -0.25) is 0 Å². The molecule has 0 aliphatic carbocycles. The molecule has 0 bridgehead atoms. The van der Waals surface area contributed by atoms with Gasteiger partial charge in [0.2, 0.25) is 0 Å². The zero-order valence-electron chi connectivity index (χ0n) is 13.5. The number of fused-ring (bicyclic) bond motifs is 1. The van der Waals surface area contributed by atoms with E-state index < -0.39 is 5.63 Å². The standard InChI is InChI=1S/C17H20ClNO4/c1-9-4-15(20)23-17-12(9)5-14(18)16(21)13(17)8-19-6-10(2)22-11(3)7-19/h4-5,10-11,21H,6-8H2,1-3H3/p+1. The Morgan fingerprint density at radius 3 is 2.61 bits per heavy atom. The van der Waals surface area contributed by atoms with Crippen molar-refractivity contribution in [3.8, 4) is 5.75 Å². The van der Waals surface area contributed by atoms with Crippen molar-refractivity contribution in [2.24, 2.45) is 0 Å². The molecule has 124 valence electrons. The van der Waals surface area contributed by atoms with Gasteiger partial charge in [0.15, 0.2) is 5.58 Å². The van der Waals surface area contributed by atoms with Gasteiger partial charge in [-0.1, -0.05) is 11.6 Å². The molecule has 1 aromatic carbocycles. The molecule has 0 spiro atoms. The number of aromatic hydroxyl groups is 1. The number of phenolic OH excluding ortho intramolecular Hbond substituents is 1. The fourth-order valence-electron chi connectivity index (χ4n) is 3.42. The molecule has 2 heterocycles. The Bertz CT molecular complexity index is 791. The fourth-order valence-corrected chi connectivity index (χ4v) is 3.64. The Morgan fingerprint density at radius 1 is 1.30 bits per heavy atom. The lowest BCUT2D eigenvalue weighted by Gasteiger charge is -2.32. The van der Waals surface area contributed by atoms with Crippen LogP contribution in [-0.4, -0.2) is 30.4 Å². The van der Waals surface area contributed by atoms with Gasteiger partial charge >= 0.3 is 5.63 Å². The van der Waals surface area contributed by atoms with E-state index in [1.54, 1.807) is 6.07 Å². The molecule has 1 aromatic heterocycles. The molecule has 1 saturated heterocycles. The van der Waals surface area contributed by atoms with Crippen LogP contribution in [0.3, 0.4) is 0 Å². The van der Waals surface area contributed by atoms with E-state index in [2.05, 4.69) is 0 Å². The van der Waals surface area contributed by atoms with Gasteiger partial charge in [0.1, 0.15) is 37.6 Å². The minimum absolute atomic E-state index is 0.00721. The Labute approximate surface area is 139 Å². The number of rotatable bonds is 2. The highest BCUT2D eigenvalue weighted by atomic mass is 35.5. The van der Waals surface area contributed by atoms with Gasteiger partial charge in [-0.15, -0.1) is 0 Å². The van der Waals surface area contributed by atoms with E-state index in [4.69, 9.17) is 20.8 Å². The molecule has 5 nitrogen and oxygen atoms in total. The zero-order chi connectivity index (χ0) is 16.7. The second-order valence-electron chi connectivity index (χ2n) is 6.40. The van der Waals surface area contributed by atoms with Crippen LogP contribution in [0, 0.1) is 6.92 Å². The van der Waals surface area contributed by atoms with E-state index in [0.29, 0.717) is 17.7 Å². The summed E-state index contributed by atoms with van der Waals surface area (Å²) in [5.41, 5.74) is 1.38. The van der Waals surface area contributed by atoms with Gasteiger partial charge in [0.05, 0.1) is 10.6 Å². The van der Waals surface area contributed by atoms with Crippen LogP contribution in [-0.2, 0) is 11.3 Å². The van der Waals surface area contributed by atoms with Crippen molar-refractivity contribution in [3.63, 3.8) is 0 Å². The molecule has 3 rings (SSSR count). The molecule has 1 aliphatic rings. The minimum Gasteiger partial charge on any atom is -0.506 e. The van der Waals surface area contributed by atoms with Crippen LogP contribution in [0.4, 0.5) is 0 Å².